The third-order valence-corrected chi connectivity index (χ3v) is 2.85. The van der Waals surface area contributed by atoms with Crippen molar-refractivity contribution in [2.75, 3.05) is 7.11 Å². The Bertz CT molecular complexity index is 362. The van der Waals surface area contributed by atoms with E-state index in [1.807, 2.05) is 12.1 Å². The average molecular weight is 205 g/mol. The fourth-order valence-corrected chi connectivity index (χ4v) is 2.11. The highest BCUT2D eigenvalue weighted by Crippen LogP contribution is 2.29. The minimum absolute atomic E-state index is 0.113. The van der Waals surface area contributed by atoms with Crippen molar-refractivity contribution in [3.05, 3.63) is 35.4 Å². The van der Waals surface area contributed by atoms with Crippen molar-refractivity contribution in [1.82, 2.24) is 5.32 Å². The summed E-state index contributed by atoms with van der Waals surface area (Å²) in [7, 11) is 1.39. The molecule has 0 aromatic heterocycles. The van der Waals surface area contributed by atoms with Crippen LogP contribution in [-0.2, 0) is 11.2 Å². The minimum Gasteiger partial charge on any atom is -0.453 e. The first-order valence-corrected chi connectivity index (χ1v) is 5.23. The first-order chi connectivity index (χ1) is 7.31. The average Bonchev–Trinajstić information content (AvgIpc) is 2.29. The van der Waals surface area contributed by atoms with Crippen molar-refractivity contribution in [1.29, 1.82) is 0 Å². The predicted octanol–water partition coefficient (Wildman–Crippen LogP) is 2.42. The number of amides is 1. The lowest BCUT2D eigenvalue weighted by Gasteiger charge is -2.25. The second-order valence-electron chi connectivity index (χ2n) is 3.78. The van der Waals surface area contributed by atoms with Crippen molar-refractivity contribution in [2.24, 2.45) is 0 Å². The van der Waals surface area contributed by atoms with Crippen LogP contribution in [0.2, 0.25) is 0 Å². The molecule has 1 aliphatic rings. The molecule has 1 aromatic carbocycles. The molecule has 3 nitrogen and oxygen atoms in total. The molecule has 1 aliphatic carbocycles. The Morgan fingerprint density at radius 2 is 2.27 bits per heavy atom. The highest BCUT2D eigenvalue weighted by molar-refractivity contribution is 5.67. The topological polar surface area (TPSA) is 38.3 Å². The molecule has 2 rings (SSSR count). The van der Waals surface area contributed by atoms with Crippen LogP contribution in [0.5, 0.6) is 0 Å². The zero-order chi connectivity index (χ0) is 10.7. The van der Waals surface area contributed by atoms with Crippen LogP contribution in [0.3, 0.4) is 0 Å². The maximum atomic E-state index is 11.2. The van der Waals surface area contributed by atoms with E-state index in [0.29, 0.717) is 0 Å². The number of hydrogen-bond acceptors (Lipinski definition) is 2. The van der Waals surface area contributed by atoms with E-state index >= 15 is 0 Å². The summed E-state index contributed by atoms with van der Waals surface area (Å²) in [5.41, 5.74) is 2.57. The molecule has 0 saturated carbocycles. The molecule has 1 unspecified atom stereocenters. The SMILES string of the molecule is COC(=O)NC1CCCc2ccccc21. The molecule has 0 fully saturated rings. The number of hydrogen-bond donors (Lipinski definition) is 1. The standard InChI is InChI=1S/C12H15NO2/c1-15-12(14)13-11-8-4-6-9-5-2-3-7-10(9)11/h2-3,5,7,11H,4,6,8H2,1H3,(H,13,14). The largest absolute Gasteiger partial charge is 0.453 e. The first-order valence-electron chi connectivity index (χ1n) is 5.23. The number of rotatable bonds is 1. The lowest BCUT2D eigenvalue weighted by atomic mass is 9.88. The summed E-state index contributed by atoms with van der Waals surface area (Å²) in [6, 6.07) is 8.37. The molecule has 0 saturated heterocycles. The van der Waals surface area contributed by atoms with Gasteiger partial charge < -0.3 is 10.1 Å². The quantitative estimate of drug-likeness (QED) is 0.764. The Labute approximate surface area is 89.4 Å². The lowest BCUT2D eigenvalue weighted by Crippen LogP contribution is -2.30. The van der Waals surface area contributed by atoms with Crippen molar-refractivity contribution in [2.45, 2.75) is 25.3 Å². The number of carbonyl (C=O) groups excluding carboxylic acids is 1. The van der Waals surface area contributed by atoms with Gasteiger partial charge in [-0.1, -0.05) is 24.3 Å². The van der Waals surface area contributed by atoms with E-state index < -0.39 is 0 Å². The van der Waals surface area contributed by atoms with Gasteiger partial charge in [-0.25, -0.2) is 4.79 Å². The third-order valence-electron chi connectivity index (χ3n) is 2.85. The van der Waals surface area contributed by atoms with Gasteiger partial charge in [0, 0.05) is 0 Å². The minimum atomic E-state index is -0.350. The molecule has 1 N–H and O–H groups in total. The molecule has 0 bridgehead atoms. The van der Waals surface area contributed by atoms with Gasteiger partial charge in [0.05, 0.1) is 13.2 Å². The number of ether oxygens (including phenoxy) is 1. The highest BCUT2D eigenvalue weighted by atomic mass is 16.5. The predicted molar refractivity (Wildman–Crippen MR) is 57.7 cm³/mol. The van der Waals surface area contributed by atoms with Crippen LogP contribution in [0.4, 0.5) is 4.79 Å². The number of methoxy groups -OCH3 is 1. The van der Waals surface area contributed by atoms with Crippen molar-refractivity contribution < 1.29 is 9.53 Å². The van der Waals surface area contributed by atoms with E-state index in [4.69, 9.17) is 0 Å². The van der Waals surface area contributed by atoms with Crippen LogP contribution < -0.4 is 5.32 Å². The summed E-state index contributed by atoms with van der Waals surface area (Å²) < 4.78 is 4.62. The molecule has 80 valence electrons. The monoisotopic (exact) mass is 205 g/mol. The van der Waals surface area contributed by atoms with E-state index in [2.05, 4.69) is 22.2 Å². The van der Waals surface area contributed by atoms with Gasteiger partial charge >= 0.3 is 6.09 Å². The molecule has 1 atom stereocenters. The molecule has 0 radical (unpaired) electrons. The van der Waals surface area contributed by atoms with E-state index in [0.717, 1.165) is 19.3 Å². The third kappa shape index (κ3) is 2.12. The Morgan fingerprint density at radius 1 is 1.47 bits per heavy atom. The van der Waals surface area contributed by atoms with Gasteiger partial charge in [-0.3, -0.25) is 0 Å². The normalized spacial score (nSPS) is 19.1. The van der Waals surface area contributed by atoms with Crippen molar-refractivity contribution in [3.8, 4) is 0 Å². The first kappa shape index (κ1) is 10.0. The summed E-state index contributed by atoms with van der Waals surface area (Å²) in [5, 5.41) is 2.86. The van der Waals surface area contributed by atoms with Gasteiger partial charge in [0.1, 0.15) is 0 Å². The zero-order valence-electron chi connectivity index (χ0n) is 8.82. The lowest BCUT2D eigenvalue weighted by molar-refractivity contribution is 0.165. The highest BCUT2D eigenvalue weighted by Gasteiger charge is 2.21. The molecule has 15 heavy (non-hydrogen) atoms. The van der Waals surface area contributed by atoms with E-state index in [9.17, 15) is 4.79 Å². The van der Waals surface area contributed by atoms with Crippen LogP contribution >= 0.6 is 0 Å². The second-order valence-corrected chi connectivity index (χ2v) is 3.78. The van der Waals surface area contributed by atoms with Gasteiger partial charge in [-0.15, -0.1) is 0 Å². The molecular formula is C12H15NO2. The molecule has 0 heterocycles. The summed E-state index contributed by atoms with van der Waals surface area (Å²) in [6.07, 6.45) is 2.87. The fourth-order valence-electron chi connectivity index (χ4n) is 2.11. The number of nitrogens with one attached hydrogen (secondary N) is 1. The maximum absolute atomic E-state index is 11.2. The summed E-state index contributed by atoms with van der Waals surface area (Å²) >= 11 is 0. The van der Waals surface area contributed by atoms with E-state index in [1.165, 1.54) is 18.2 Å². The molecule has 1 aromatic rings. The maximum Gasteiger partial charge on any atom is 0.407 e. The van der Waals surface area contributed by atoms with Crippen LogP contribution in [0.25, 0.3) is 0 Å². The molecule has 3 heteroatoms. The summed E-state index contributed by atoms with van der Waals surface area (Å²) in [5.74, 6) is 0. The molecular weight excluding hydrogens is 190 g/mol. The van der Waals surface area contributed by atoms with Crippen LogP contribution in [0, 0.1) is 0 Å². The Kier molecular flexibility index (Phi) is 2.90. The van der Waals surface area contributed by atoms with Gasteiger partial charge in [-0.05, 0) is 30.4 Å². The Morgan fingerprint density at radius 3 is 3.07 bits per heavy atom. The van der Waals surface area contributed by atoms with Gasteiger partial charge in [0.15, 0.2) is 0 Å². The number of fused-ring (bicyclic) bond motifs is 1. The van der Waals surface area contributed by atoms with E-state index in [-0.39, 0.29) is 12.1 Å². The fraction of sp³-hybridized carbons (Fsp3) is 0.417. The van der Waals surface area contributed by atoms with Crippen LogP contribution in [0.15, 0.2) is 24.3 Å². The second kappa shape index (κ2) is 4.34. The van der Waals surface area contributed by atoms with Gasteiger partial charge in [0.2, 0.25) is 0 Å². The summed E-state index contributed by atoms with van der Waals surface area (Å²) in [4.78, 5) is 11.2. The van der Waals surface area contributed by atoms with Crippen LogP contribution in [0.1, 0.15) is 30.0 Å². The van der Waals surface area contributed by atoms with Gasteiger partial charge in [0.25, 0.3) is 0 Å². The Hall–Kier alpha value is -1.51. The molecule has 0 aliphatic heterocycles. The van der Waals surface area contributed by atoms with Gasteiger partial charge in [-0.2, -0.15) is 0 Å². The molecule has 1 amide bonds. The number of aryl methyl sites for hydroxylation is 1. The zero-order valence-corrected chi connectivity index (χ0v) is 8.82. The number of benzene rings is 1. The molecule has 0 spiro atoms. The Balaban J connectivity index is 2.18. The number of alkyl carbamates (subject to hydrolysis) is 1. The van der Waals surface area contributed by atoms with Crippen molar-refractivity contribution in [3.63, 3.8) is 0 Å². The van der Waals surface area contributed by atoms with Crippen molar-refractivity contribution >= 4 is 6.09 Å². The van der Waals surface area contributed by atoms with E-state index in [1.54, 1.807) is 0 Å². The summed E-state index contributed by atoms with van der Waals surface area (Å²) in [6.45, 7) is 0. The smallest absolute Gasteiger partial charge is 0.407 e. The number of carbonyl (C=O) groups is 1. The van der Waals surface area contributed by atoms with Crippen LogP contribution in [-0.4, -0.2) is 13.2 Å².